The molecule has 3 rings (SSSR count). The molecule has 0 aliphatic rings. The molecule has 0 bridgehead atoms. The van der Waals surface area contributed by atoms with Gasteiger partial charge in [0.25, 0.3) is 5.69 Å². The number of hydrogen-bond donors (Lipinski definition) is 1. The van der Waals surface area contributed by atoms with Crippen molar-refractivity contribution in [2.45, 2.75) is 17.1 Å². The van der Waals surface area contributed by atoms with Crippen LogP contribution in [0.1, 0.15) is 6.92 Å². The van der Waals surface area contributed by atoms with Crippen molar-refractivity contribution in [3.8, 4) is 5.82 Å². The fraction of sp³-hybridized carbons (Fsp3) is 0.118. The molecular weight excluding hydrogens is 354 g/mol. The van der Waals surface area contributed by atoms with E-state index in [1.165, 1.54) is 23.9 Å². The van der Waals surface area contributed by atoms with Crippen LogP contribution in [0.5, 0.6) is 0 Å². The Hall–Kier alpha value is -3.20. The first-order valence-corrected chi connectivity index (χ1v) is 8.59. The molecule has 26 heavy (non-hydrogen) atoms. The minimum Gasteiger partial charge on any atom is -0.324 e. The third-order valence-corrected chi connectivity index (χ3v) is 4.60. The highest BCUT2D eigenvalue weighted by molar-refractivity contribution is 8.00. The number of nitro benzene ring substituents is 1. The largest absolute Gasteiger partial charge is 0.324 e. The van der Waals surface area contributed by atoms with Crippen LogP contribution in [0, 0.1) is 10.1 Å². The van der Waals surface area contributed by atoms with Crippen LogP contribution < -0.4 is 5.32 Å². The van der Waals surface area contributed by atoms with Gasteiger partial charge in [0.1, 0.15) is 0 Å². The van der Waals surface area contributed by atoms with Crippen LogP contribution in [-0.4, -0.2) is 30.8 Å². The van der Waals surface area contributed by atoms with Crippen LogP contribution in [-0.2, 0) is 4.79 Å². The van der Waals surface area contributed by atoms with Crippen molar-refractivity contribution in [2.75, 3.05) is 5.32 Å². The van der Waals surface area contributed by atoms with E-state index < -0.39 is 4.92 Å². The van der Waals surface area contributed by atoms with Crippen LogP contribution in [0.4, 0.5) is 11.4 Å². The molecule has 8 nitrogen and oxygen atoms in total. The van der Waals surface area contributed by atoms with Crippen molar-refractivity contribution < 1.29 is 9.72 Å². The molecule has 0 saturated carbocycles. The molecule has 0 spiro atoms. The molecule has 0 aliphatic heterocycles. The van der Waals surface area contributed by atoms with Crippen molar-refractivity contribution in [1.29, 1.82) is 0 Å². The van der Waals surface area contributed by atoms with Crippen molar-refractivity contribution in [1.82, 2.24) is 14.8 Å². The number of thioether (sulfide) groups is 1. The smallest absolute Gasteiger partial charge is 0.269 e. The molecule has 1 N–H and O–H groups in total. The molecule has 2 aromatic heterocycles. The lowest BCUT2D eigenvalue weighted by Crippen LogP contribution is -2.22. The first-order valence-electron chi connectivity index (χ1n) is 7.71. The topological polar surface area (TPSA) is 103 Å². The summed E-state index contributed by atoms with van der Waals surface area (Å²) < 4.78 is 1.62. The number of benzene rings is 1. The SMILES string of the molecule is CC(Sc1ccc([N+](=O)[O-])cc1)C(=O)Nc1ccc(-n2cccn2)nc1. The third-order valence-electron chi connectivity index (χ3n) is 3.48. The maximum absolute atomic E-state index is 12.3. The lowest BCUT2D eigenvalue weighted by atomic mass is 10.3. The first-order chi connectivity index (χ1) is 12.5. The number of pyridine rings is 1. The molecule has 1 unspecified atom stereocenters. The summed E-state index contributed by atoms with van der Waals surface area (Å²) in [5, 5.41) is 17.2. The molecule has 0 fully saturated rings. The van der Waals surface area contributed by atoms with Gasteiger partial charge < -0.3 is 5.32 Å². The maximum Gasteiger partial charge on any atom is 0.269 e. The number of anilines is 1. The molecule has 1 atom stereocenters. The molecule has 3 aromatic rings. The normalized spacial score (nSPS) is 11.7. The monoisotopic (exact) mass is 369 g/mol. The zero-order valence-corrected chi connectivity index (χ0v) is 14.6. The summed E-state index contributed by atoms with van der Waals surface area (Å²) in [5.41, 5.74) is 0.608. The average Bonchev–Trinajstić information content (AvgIpc) is 3.17. The molecule has 1 aromatic carbocycles. The molecule has 132 valence electrons. The van der Waals surface area contributed by atoms with Crippen LogP contribution in [0.2, 0.25) is 0 Å². The number of rotatable bonds is 6. The third kappa shape index (κ3) is 4.25. The van der Waals surface area contributed by atoms with Crippen molar-refractivity contribution in [3.63, 3.8) is 0 Å². The van der Waals surface area contributed by atoms with Gasteiger partial charge in [-0.25, -0.2) is 9.67 Å². The standard InChI is InChI=1S/C17H15N5O3S/c1-12(26-15-6-4-14(5-7-15)22(24)25)17(23)20-13-3-8-16(18-11-13)21-10-2-9-19-21/h2-12H,1H3,(H,20,23). The number of carbonyl (C=O) groups is 1. The lowest BCUT2D eigenvalue weighted by molar-refractivity contribution is -0.384. The molecule has 2 heterocycles. The molecule has 0 radical (unpaired) electrons. The number of nitrogens with one attached hydrogen (secondary N) is 1. The van der Waals surface area contributed by atoms with Crippen molar-refractivity contribution in [2.24, 2.45) is 0 Å². The minimum atomic E-state index is -0.454. The molecular formula is C17H15N5O3S. The molecule has 9 heteroatoms. The second-order valence-electron chi connectivity index (χ2n) is 5.36. The number of hydrogen-bond acceptors (Lipinski definition) is 6. The van der Waals surface area contributed by atoms with Crippen molar-refractivity contribution >= 4 is 29.0 Å². The fourth-order valence-corrected chi connectivity index (χ4v) is 3.02. The Morgan fingerprint density at radius 3 is 2.62 bits per heavy atom. The van der Waals surface area contributed by atoms with Gasteiger partial charge in [-0.2, -0.15) is 5.10 Å². The van der Waals surface area contributed by atoms with E-state index in [-0.39, 0.29) is 16.8 Å². The van der Waals surface area contributed by atoms with E-state index in [0.29, 0.717) is 11.5 Å². The second kappa shape index (κ2) is 7.79. The summed E-state index contributed by atoms with van der Waals surface area (Å²) in [6, 6.07) is 11.4. The first kappa shape index (κ1) is 17.6. The summed E-state index contributed by atoms with van der Waals surface area (Å²) in [6.07, 6.45) is 5.01. The van der Waals surface area contributed by atoms with Crippen molar-refractivity contribution in [3.05, 3.63) is 71.2 Å². The zero-order chi connectivity index (χ0) is 18.5. The van der Waals surface area contributed by atoms with Gasteiger partial charge in [0.15, 0.2) is 5.82 Å². The Morgan fingerprint density at radius 2 is 2.04 bits per heavy atom. The summed E-state index contributed by atoms with van der Waals surface area (Å²) >= 11 is 1.32. The number of carbonyl (C=O) groups excluding carboxylic acids is 1. The van der Waals surface area contributed by atoms with Crippen LogP contribution >= 0.6 is 11.8 Å². The quantitative estimate of drug-likeness (QED) is 0.406. The molecule has 0 aliphatic carbocycles. The average molecular weight is 369 g/mol. The number of non-ortho nitro benzene ring substituents is 1. The molecule has 1 amide bonds. The van der Waals surface area contributed by atoms with Gasteiger partial charge in [-0.3, -0.25) is 14.9 Å². The van der Waals surface area contributed by atoms with Gasteiger partial charge in [0.2, 0.25) is 5.91 Å². The molecule has 0 saturated heterocycles. The Bertz CT molecular complexity index is 895. The summed E-state index contributed by atoms with van der Waals surface area (Å²) in [7, 11) is 0. The Morgan fingerprint density at radius 1 is 1.27 bits per heavy atom. The highest BCUT2D eigenvalue weighted by Crippen LogP contribution is 2.26. The van der Waals surface area contributed by atoms with Gasteiger partial charge in [0, 0.05) is 29.4 Å². The second-order valence-corrected chi connectivity index (χ2v) is 6.77. The number of aromatic nitrogens is 3. The van der Waals surface area contributed by atoms with Crippen LogP contribution in [0.15, 0.2) is 66.0 Å². The number of amides is 1. The minimum absolute atomic E-state index is 0.0230. The van der Waals surface area contributed by atoms with E-state index in [0.717, 1.165) is 4.90 Å². The van der Waals surface area contributed by atoms with Gasteiger partial charge in [-0.1, -0.05) is 0 Å². The number of nitrogens with zero attached hydrogens (tertiary/aromatic N) is 4. The fourth-order valence-electron chi connectivity index (χ4n) is 2.15. The highest BCUT2D eigenvalue weighted by Gasteiger charge is 2.15. The Balaban J connectivity index is 1.59. The summed E-state index contributed by atoms with van der Waals surface area (Å²) in [6.45, 7) is 1.77. The van der Waals surface area contributed by atoms with Gasteiger partial charge in [-0.05, 0) is 37.3 Å². The highest BCUT2D eigenvalue weighted by atomic mass is 32.2. The number of nitro groups is 1. The maximum atomic E-state index is 12.3. The van der Waals surface area contributed by atoms with E-state index in [1.54, 1.807) is 60.5 Å². The van der Waals surface area contributed by atoms with E-state index in [2.05, 4.69) is 15.4 Å². The van der Waals surface area contributed by atoms with E-state index in [4.69, 9.17) is 0 Å². The zero-order valence-electron chi connectivity index (χ0n) is 13.8. The predicted octanol–water partition coefficient (Wildman–Crippen LogP) is 3.29. The van der Waals surface area contributed by atoms with E-state index in [1.807, 2.05) is 0 Å². The summed E-state index contributed by atoms with van der Waals surface area (Å²) in [5.74, 6) is 0.475. The van der Waals surface area contributed by atoms with Crippen LogP contribution in [0.3, 0.4) is 0 Å². The van der Waals surface area contributed by atoms with Gasteiger partial charge in [0.05, 0.1) is 22.1 Å². The predicted molar refractivity (Wildman–Crippen MR) is 98.4 cm³/mol. The summed E-state index contributed by atoms with van der Waals surface area (Å²) in [4.78, 5) is 27.6. The van der Waals surface area contributed by atoms with Gasteiger partial charge in [-0.15, -0.1) is 11.8 Å². The van der Waals surface area contributed by atoms with E-state index >= 15 is 0 Å². The lowest BCUT2D eigenvalue weighted by Gasteiger charge is -2.12. The van der Waals surface area contributed by atoms with Crippen LogP contribution in [0.25, 0.3) is 5.82 Å². The van der Waals surface area contributed by atoms with E-state index in [9.17, 15) is 14.9 Å². The Kier molecular flexibility index (Phi) is 5.28. The van der Waals surface area contributed by atoms with Gasteiger partial charge >= 0.3 is 0 Å². The Labute approximate surface area is 153 Å².